The Morgan fingerprint density at radius 2 is 1.84 bits per heavy atom. The zero-order valence-electron chi connectivity index (χ0n) is 12.6. The van der Waals surface area contributed by atoms with Crippen LogP contribution in [-0.2, 0) is 0 Å². The van der Waals surface area contributed by atoms with E-state index in [1.807, 2.05) is 7.05 Å². The third-order valence-corrected chi connectivity index (χ3v) is 4.48. The summed E-state index contributed by atoms with van der Waals surface area (Å²) in [6.45, 7) is 4.63. The van der Waals surface area contributed by atoms with Gasteiger partial charge in [-0.15, -0.1) is 24.0 Å². The van der Waals surface area contributed by atoms with Crippen LogP contribution >= 0.6 is 24.0 Å². The predicted octanol–water partition coefficient (Wildman–Crippen LogP) is 3.54. The van der Waals surface area contributed by atoms with Gasteiger partial charge in [-0.1, -0.05) is 20.3 Å². The summed E-state index contributed by atoms with van der Waals surface area (Å²) in [5, 5.41) is 7.17. The van der Waals surface area contributed by atoms with Crippen LogP contribution in [0.2, 0.25) is 0 Å². The highest BCUT2D eigenvalue weighted by Crippen LogP contribution is 2.34. The molecule has 0 aromatic heterocycles. The number of nitrogens with zero attached hydrogens (tertiary/aromatic N) is 1. The van der Waals surface area contributed by atoms with E-state index in [0.29, 0.717) is 12.1 Å². The lowest BCUT2D eigenvalue weighted by Gasteiger charge is -2.28. The van der Waals surface area contributed by atoms with Crippen LogP contribution in [0.5, 0.6) is 0 Å². The van der Waals surface area contributed by atoms with Crippen molar-refractivity contribution in [1.29, 1.82) is 0 Å². The van der Waals surface area contributed by atoms with Gasteiger partial charge in [-0.2, -0.15) is 0 Å². The van der Waals surface area contributed by atoms with Crippen molar-refractivity contribution in [3.63, 3.8) is 0 Å². The largest absolute Gasteiger partial charge is 0.354 e. The van der Waals surface area contributed by atoms with E-state index in [1.165, 1.54) is 44.9 Å². The van der Waals surface area contributed by atoms with Gasteiger partial charge in [0.05, 0.1) is 0 Å². The summed E-state index contributed by atoms with van der Waals surface area (Å²) in [5.74, 6) is 2.83. The fraction of sp³-hybridized carbons (Fsp3) is 0.933. The van der Waals surface area contributed by atoms with E-state index < -0.39 is 0 Å². The highest BCUT2D eigenvalue weighted by molar-refractivity contribution is 14.0. The molecule has 0 aromatic carbocycles. The number of halogens is 1. The number of rotatable bonds is 4. The van der Waals surface area contributed by atoms with Crippen molar-refractivity contribution >= 4 is 29.9 Å². The molecule has 0 saturated heterocycles. The summed E-state index contributed by atoms with van der Waals surface area (Å²) >= 11 is 0. The average molecular weight is 379 g/mol. The highest BCUT2D eigenvalue weighted by atomic mass is 127. The molecule has 0 heterocycles. The Hall–Kier alpha value is 0. The van der Waals surface area contributed by atoms with E-state index in [4.69, 9.17) is 0 Å². The van der Waals surface area contributed by atoms with Crippen LogP contribution < -0.4 is 10.6 Å². The summed E-state index contributed by atoms with van der Waals surface area (Å²) in [7, 11) is 1.89. The van der Waals surface area contributed by atoms with Crippen molar-refractivity contribution in [2.24, 2.45) is 16.8 Å². The first-order valence-corrected chi connectivity index (χ1v) is 7.72. The molecule has 2 fully saturated rings. The fourth-order valence-corrected chi connectivity index (χ4v) is 3.06. The minimum Gasteiger partial charge on any atom is -0.354 e. The predicted molar refractivity (Wildman–Crippen MR) is 93.3 cm³/mol. The molecular formula is C15H30IN3. The molecule has 2 aliphatic carbocycles. The molecular weight excluding hydrogens is 349 g/mol. The lowest BCUT2D eigenvalue weighted by Crippen LogP contribution is -2.45. The van der Waals surface area contributed by atoms with E-state index in [9.17, 15) is 0 Å². The zero-order valence-corrected chi connectivity index (χ0v) is 14.9. The molecule has 4 heteroatoms. The van der Waals surface area contributed by atoms with Crippen LogP contribution in [0.15, 0.2) is 4.99 Å². The molecule has 112 valence electrons. The molecule has 2 unspecified atom stereocenters. The maximum Gasteiger partial charge on any atom is 0.191 e. The average Bonchev–Trinajstić information content (AvgIpc) is 3.10. The van der Waals surface area contributed by atoms with Gasteiger partial charge in [0.1, 0.15) is 0 Å². The molecule has 0 aromatic rings. The van der Waals surface area contributed by atoms with Gasteiger partial charge >= 0.3 is 0 Å². The molecule has 2 N–H and O–H groups in total. The Morgan fingerprint density at radius 3 is 2.42 bits per heavy atom. The molecule has 3 nitrogen and oxygen atoms in total. The van der Waals surface area contributed by atoms with Crippen molar-refractivity contribution < 1.29 is 0 Å². The Kier molecular flexibility index (Phi) is 7.47. The van der Waals surface area contributed by atoms with Crippen LogP contribution in [0.1, 0.15) is 58.8 Å². The number of hydrogen-bond acceptors (Lipinski definition) is 1. The minimum atomic E-state index is 0. The minimum absolute atomic E-state index is 0. The monoisotopic (exact) mass is 379 g/mol. The first kappa shape index (κ1) is 17.1. The first-order chi connectivity index (χ1) is 8.72. The van der Waals surface area contributed by atoms with E-state index in [-0.39, 0.29) is 24.0 Å². The lowest BCUT2D eigenvalue weighted by molar-refractivity contribution is 0.329. The maximum absolute atomic E-state index is 4.37. The van der Waals surface area contributed by atoms with Gasteiger partial charge in [0, 0.05) is 19.1 Å². The molecule has 2 rings (SSSR count). The summed E-state index contributed by atoms with van der Waals surface area (Å²) in [6, 6.07) is 1.31. The van der Waals surface area contributed by atoms with E-state index in [0.717, 1.165) is 17.8 Å². The summed E-state index contributed by atoms with van der Waals surface area (Å²) in [5.41, 5.74) is 0. The van der Waals surface area contributed by atoms with Gasteiger partial charge in [0.2, 0.25) is 0 Å². The summed E-state index contributed by atoms with van der Waals surface area (Å²) in [4.78, 5) is 4.37. The van der Waals surface area contributed by atoms with Crippen LogP contribution in [0.4, 0.5) is 0 Å². The molecule has 0 spiro atoms. The standard InChI is InChI=1S/C15H29N3.HI/c1-4-5-12-10-14(12)18-15(16-3)17-13-8-6-11(2)7-9-13;/h11-14H,4-10H2,1-3H3,(H2,16,17,18);1H. The van der Waals surface area contributed by atoms with Crippen molar-refractivity contribution in [2.45, 2.75) is 70.9 Å². The van der Waals surface area contributed by atoms with Crippen LogP contribution in [0.25, 0.3) is 0 Å². The number of nitrogens with one attached hydrogen (secondary N) is 2. The second-order valence-electron chi connectivity index (χ2n) is 6.21. The Morgan fingerprint density at radius 1 is 1.16 bits per heavy atom. The van der Waals surface area contributed by atoms with Gasteiger partial charge in [-0.05, 0) is 50.4 Å². The topological polar surface area (TPSA) is 36.4 Å². The fourth-order valence-electron chi connectivity index (χ4n) is 3.06. The van der Waals surface area contributed by atoms with Crippen LogP contribution in [0, 0.1) is 11.8 Å². The number of guanidine groups is 1. The third-order valence-electron chi connectivity index (χ3n) is 4.48. The van der Waals surface area contributed by atoms with Crippen molar-refractivity contribution in [1.82, 2.24) is 10.6 Å². The SMILES string of the molecule is CCCC1CC1NC(=NC)NC1CCC(C)CC1.I. The smallest absolute Gasteiger partial charge is 0.191 e. The molecule has 0 amide bonds. The Balaban J connectivity index is 0.00000180. The molecule has 0 aliphatic heterocycles. The van der Waals surface area contributed by atoms with E-state index in [1.54, 1.807) is 0 Å². The second kappa shape index (κ2) is 8.32. The van der Waals surface area contributed by atoms with E-state index in [2.05, 4.69) is 29.5 Å². The van der Waals surface area contributed by atoms with Crippen LogP contribution in [0.3, 0.4) is 0 Å². The zero-order chi connectivity index (χ0) is 13.0. The molecule has 0 bridgehead atoms. The van der Waals surface area contributed by atoms with E-state index >= 15 is 0 Å². The van der Waals surface area contributed by atoms with Crippen LogP contribution in [-0.4, -0.2) is 25.1 Å². The molecule has 2 saturated carbocycles. The van der Waals surface area contributed by atoms with Gasteiger partial charge in [0.25, 0.3) is 0 Å². The summed E-state index contributed by atoms with van der Waals surface area (Å²) < 4.78 is 0. The number of hydrogen-bond donors (Lipinski definition) is 2. The third kappa shape index (κ3) is 5.48. The van der Waals surface area contributed by atoms with Crippen molar-refractivity contribution in [3.05, 3.63) is 0 Å². The molecule has 2 aliphatic rings. The quantitative estimate of drug-likeness (QED) is 0.445. The number of aliphatic imine (C=N–C) groups is 1. The lowest BCUT2D eigenvalue weighted by atomic mass is 9.87. The van der Waals surface area contributed by atoms with Gasteiger partial charge in [-0.25, -0.2) is 0 Å². The molecule has 0 radical (unpaired) electrons. The molecule has 19 heavy (non-hydrogen) atoms. The Bertz CT molecular complexity index is 285. The highest BCUT2D eigenvalue weighted by Gasteiger charge is 2.36. The molecule has 2 atom stereocenters. The normalized spacial score (nSPS) is 34.4. The van der Waals surface area contributed by atoms with Gasteiger partial charge in [0.15, 0.2) is 5.96 Å². The Labute approximate surface area is 135 Å². The van der Waals surface area contributed by atoms with Crippen molar-refractivity contribution in [2.75, 3.05) is 7.05 Å². The second-order valence-corrected chi connectivity index (χ2v) is 6.21. The maximum atomic E-state index is 4.37. The first-order valence-electron chi connectivity index (χ1n) is 7.72. The van der Waals surface area contributed by atoms with Gasteiger partial charge in [-0.3, -0.25) is 4.99 Å². The van der Waals surface area contributed by atoms with Gasteiger partial charge < -0.3 is 10.6 Å². The van der Waals surface area contributed by atoms with Crippen molar-refractivity contribution in [3.8, 4) is 0 Å². The summed E-state index contributed by atoms with van der Waals surface area (Å²) in [6.07, 6.45) is 9.30.